The molecule has 0 amide bonds. The molecule has 0 aliphatic heterocycles. The predicted molar refractivity (Wildman–Crippen MR) is 92.5 cm³/mol. The molecule has 0 spiro atoms. The molecule has 128 valence electrons. The van der Waals surface area contributed by atoms with Crippen LogP contribution in [0.15, 0.2) is 18.2 Å². The Morgan fingerprint density at radius 2 is 1.83 bits per heavy atom. The van der Waals surface area contributed by atoms with Gasteiger partial charge in [0.2, 0.25) is 0 Å². The van der Waals surface area contributed by atoms with Crippen molar-refractivity contribution in [3.8, 4) is 0 Å². The van der Waals surface area contributed by atoms with Gasteiger partial charge in [0, 0.05) is 12.3 Å². The second-order valence-corrected chi connectivity index (χ2v) is 7.04. The number of benzene rings is 1. The van der Waals surface area contributed by atoms with E-state index in [1.165, 1.54) is 5.56 Å². The third-order valence-corrected chi connectivity index (χ3v) is 3.86. The molecule has 1 rings (SSSR count). The van der Waals surface area contributed by atoms with E-state index >= 15 is 0 Å². The average molecular weight is 319 g/mol. The van der Waals surface area contributed by atoms with Crippen LogP contribution in [0.25, 0.3) is 0 Å². The second kappa shape index (κ2) is 8.25. The molecular formula is C19H29NO3. The Hall–Kier alpha value is -1.68. The van der Waals surface area contributed by atoms with Crippen molar-refractivity contribution < 1.29 is 14.3 Å². The fourth-order valence-electron chi connectivity index (χ4n) is 2.57. The number of ketones is 1. The first-order valence-corrected chi connectivity index (χ1v) is 8.16. The van der Waals surface area contributed by atoms with Crippen LogP contribution in [0.3, 0.4) is 0 Å². The molecule has 1 unspecified atom stereocenters. The summed E-state index contributed by atoms with van der Waals surface area (Å²) in [6, 6.07) is 6.29. The SMILES string of the molecule is CCOC(=O)CC(CC(=O)CN)c1cc(C)cc(C(C)(C)C)c1. The van der Waals surface area contributed by atoms with Crippen LogP contribution in [0.1, 0.15) is 63.1 Å². The standard InChI is InChI=1S/C19H29NO3/c1-6-23-18(22)11-15(10-17(21)12-20)14-7-13(2)8-16(9-14)19(3,4)5/h7-9,15H,6,10-12,20H2,1-5H3. The van der Waals surface area contributed by atoms with E-state index in [1.807, 2.05) is 13.0 Å². The van der Waals surface area contributed by atoms with Gasteiger partial charge in [-0.1, -0.05) is 44.5 Å². The summed E-state index contributed by atoms with van der Waals surface area (Å²) < 4.78 is 5.06. The minimum Gasteiger partial charge on any atom is -0.466 e. The van der Waals surface area contributed by atoms with Gasteiger partial charge in [-0.3, -0.25) is 9.59 Å². The lowest BCUT2D eigenvalue weighted by Crippen LogP contribution is -2.20. The highest BCUT2D eigenvalue weighted by atomic mass is 16.5. The van der Waals surface area contributed by atoms with Crippen LogP contribution in [0.5, 0.6) is 0 Å². The third kappa shape index (κ3) is 6.14. The third-order valence-electron chi connectivity index (χ3n) is 3.86. The van der Waals surface area contributed by atoms with E-state index in [2.05, 4.69) is 32.9 Å². The van der Waals surface area contributed by atoms with Gasteiger partial charge in [-0.15, -0.1) is 0 Å². The van der Waals surface area contributed by atoms with Gasteiger partial charge in [-0.05, 0) is 30.4 Å². The molecule has 0 aliphatic carbocycles. The molecule has 0 aromatic heterocycles. The molecule has 4 heteroatoms. The summed E-state index contributed by atoms with van der Waals surface area (Å²) in [6.07, 6.45) is 0.467. The van der Waals surface area contributed by atoms with E-state index in [4.69, 9.17) is 10.5 Å². The largest absolute Gasteiger partial charge is 0.466 e. The zero-order chi connectivity index (χ0) is 17.6. The minimum absolute atomic E-state index is 0.00271. The van der Waals surface area contributed by atoms with E-state index in [1.54, 1.807) is 6.92 Å². The summed E-state index contributed by atoms with van der Waals surface area (Å²) in [6.45, 7) is 10.6. The van der Waals surface area contributed by atoms with Crippen molar-refractivity contribution in [3.05, 3.63) is 34.9 Å². The van der Waals surface area contributed by atoms with E-state index in [0.717, 1.165) is 11.1 Å². The molecule has 1 aromatic carbocycles. The summed E-state index contributed by atoms with van der Waals surface area (Å²) in [7, 11) is 0. The van der Waals surface area contributed by atoms with Crippen LogP contribution >= 0.6 is 0 Å². The number of carbonyl (C=O) groups excluding carboxylic acids is 2. The van der Waals surface area contributed by atoms with Crippen LogP contribution in [0.4, 0.5) is 0 Å². The van der Waals surface area contributed by atoms with Crippen molar-refractivity contribution in [2.45, 2.75) is 58.8 Å². The molecular weight excluding hydrogens is 290 g/mol. The van der Waals surface area contributed by atoms with Crippen molar-refractivity contribution >= 4 is 11.8 Å². The maximum atomic E-state index is 11.9. The fraction of sp³-hybridized carbons (Fsp3) is 0.579. The van der Waals surface area contributed by atoms with Gasteiger partial charge in [0.1, 0.15) is 5.78 Å². The van der Waals surface area contributed by atoms with Gasteiger partial charge < -0.3 is 10.5 Å². The molecule has 1 aromatic rings. The quantitative estimate of drug-likeness (QED) is 0.783. The molecule has 0 radical (unpaired) electrons. The summed E-state index contributed by atoms with van der Waals surface area (Å²) in [5, 5.41) is 0. The number of nitrogens with two attached hydrogens (primary N) is 1. The van der Waals surface area contributed by atoms with Gasteiger partial charge in [-0.25, -0.2) is 0 Å². The first-order valence-electron chi connectivity index (χ1n) is 8.16. The average Bonchev–Trinajstić information content (AvgIpc) is 2.45. The number of esters is 1. The monoisotopic (exact) mass is 319 g/mol. The van der Waals surface area contributed by atoms with Gasteiger partial charge in [0.15, 0.2) is 0 Å². The molecule has 1 atom stereocenters. The Balaban J connectivity index is 3.16. The number of hydrogen-bond acceptors (Lipinski definition) is 4. The van der Waals surface area contributed by atoms with E-state index in [9.17, 15) is 9.59 Å². The lowest BCUT2D eigenvalue weighted by atomic mass is 9.81. The lowest BCUT2D eigenvalue weighted by molar-refractivity contribution is -0.143. The van der Waals surface area contributed by atoms with Crippen LogP contribution < -0.4 is 5.73 Å². The molecule has 0 heterocycles. The topological polar surface area (TPSA) is 69.4 Å². The van der Waals surface area contributed by atoms with Crippen molar-refractivity contribution in [2.24, 2.45) is 5.73 Å². The van der Waals surface area contributed by atoms with Gasteiger partial charge in [-0.2, -0.15) is 0 Å². The molecule has 23 heavy (non-hydrogen) atoms. The molecule has 4 nitrogen and oxygen atoms in total. The van der Waals surface area contributed by atoms with Gasteiger partial charge in [0.05, 0.1) is 19.6 Å². The zero-order valence-electron chi connectivity index (χ0n) is 14.9. The summed E-state index contributed by atoms with van der Waals surface area (Å²) in [5.74, 6) is -0.509. The first-order chi connectivity index (χ1) is 10.7. The minimum atomic E-state index is -0.277. The number of ether oxygens (including phenoxy) is 1. The number of rotatable bonds is 7. The fourth-order valence-corrected chi connectivity index (χ4v) is 2.57. The van der Waals surface area contributed by atoms with Gasteiger partial charge in [0.25, 0.3) is 0 Å². The van der Waals surface area contributed by atoms with Crippen LogP contribution in [-0.2, 0) is 19.7 Å². The maximum Gasteiger partial charge on any atom is 0.306 e. The summed E-state index contributed by atoms with van der Waals surface area (Å²) in [4.78, 5) is 23.7. The van der Waals surface area contributed by atoms with Crippen LogP contribution in [0.2, 0.25) is 0 Å². The van der Waals surface area contributed by atoms with E-state index in [-0.39, 0.29) is 42.5 Å². The number of carbonyl (C=O) groups is 2. The Bertz CT molecular complexity index is 558. The molecule has 0 saturated carbocycles. The number of Topliss-reactive ketones (excluding diaryl/α,β-unsaturated/α-hetero) is 1. The highest BCUT2D eigenvalue weighted by molar-refractivity contribution is 5.82. The smallest absolute Gasteiger partial charge is 0.306 e. The predicted octanol–water partition coefficient (Wildman–Crippen LogP) is 3.25. The zero-order valence-corrected chi connectivity index (χ0v) is 14.9. The highest BCUT2D eigenvalue weighted by Gasteiger charge is 2.22. The molecule has 0 fully saturated rings. The van der Waals surface area contributed by atoms with Gasteiger partial charge >= 0.3 is 5.97 Å². The number of aryl methyl sites for hydroxylation is 1. The Labute approximate surface area is 139 Å². The van der Waals surface area contributed by atoms with Crippen LogP contribution in [-0.4, -0.2) is 24.9 Å². The van der Waals surface area contributed by atoms with Crippen LogP contribution in [0, 0.1) is 6.92 Å². The van der Waals surface area contributed by atoms with Crippen molar-refractivity contribution in [3.63, 3.8) is 0 Å². The summed E-state index contributed by atoms with van der Waals surface area (Å²) >= 11 is 0. The normalized spacial score (nSPS) is 12.8. The molecule has 2 N–H and O–H groups in total. The molecule has 0 aliphatic rings. The van der Waals surface area contributed by atoms with E-state index in [0.29, 0.717) is 6.61 Å². The Morgan fingerprint density at radius 1 is 1.17 bits per heavy atom. The molecule has 0 bridgehead atoms. The van der Waals surface area contributed by atoms with Crippen molar-refractivity contribution in [2.75, 3.05) is 13.2 Å². The van der Waals surface area contributed by atoms with Crippen molar-refractivity contribution in [1.29, 1.82) is 0 Å². The highest BCUT2D eigenvalue weighted by Crippen LogP contribution is 2.31. The number of hydrogen-bond donors (Lipinski definition) is 1. The second-order valence-electron chi connectivity index (χ2n) is 7.04. The Morgan fingerprint density at radius 3 is 2.35 bits per heavy atom. The maximum absolute atomic E-state index is 11.9. The lowest BCUT2D eigenvalue weighted by Gasteiger charge is -2.23. The molecule has 0 saturated heterocycles. The summed E-state index contributed by atoms with van der Waals surface area (Å²) in [5.41, 5.74) is 8.78. The van der Waals surface area contributed by atoms with E-state index < -0.39 is 0 Å². The van der Waals surface area contributed by atoms with Crippen molar-refractivity contribution in [1.82, 2.24) is 0 Å². The Kier molecular flexibility index (Phi) is 6.95. The first kappa shape index (κ1) is 19.4.